The molecule has 0 aliphatic rings. The van der Waals surface area contributed by atoms with E-state index in [4.69, 9.17) is 9.47 Å². The van der Waals surface area contributed by atoms with Crippen LogP contribution in [0.25, 0.3) is 0 Å². The zero-order valence-electron chi connectivity index (χ0n) is 8.67. The number of rotatable bonds is 6. The molecule has 0 saturated heterocycles. The van der Waals surface area contributed by atoms with E-state index in [9.17, 15) is 0 Å². The van der Waals surface area contributed by atoms with Crippen LogP contribution in [0, 0.1) is 18.8 Å². The monoisotopic (exact) mass is 173 g/mol. The van der Waals surface area contributed by atoms with Gasteiger partial charge in [0, 0.05) is 6.92 Å². The molecule has 0 saturated carbocycles. The van der Waals surface area contributed by atoms with Crippen LogP contribution in [0.2, 0.25) is 0 Å². The van der Waals surface area contributed by atoms with Gasteiger partial charge in [0.1, 0.15) is 0 Å². The van der Waals surface area contributed by atoms with Crippen LogP contribution in [-0.2, 0) is 9.47 Å². The maximum atomic E-state index is 5.32. The van der Waals surface area contributed by atoms with Gasteiger partial charge in [-0.2, -0.15) is 0 Å². The lowest BCUT2D eigenvalue weighted by molar-refractivity contribution is -0.125. The van der Waals surface area contributed by atoms with Crippen molar-refractivity contribution in [2.24, 2.45) is 11.8 Å². The first-order valence-corrected chi connectivity index (χ1v) is 4.58. The molecule has 2 heteroatoms. The molecule has 2 nitrogen and oxygen atoms in total. The second kappa shape index (κ2) is 6.44. The van der Waals surface area contributed by atoms with E-state index in [1.807, 2.05) is 0 Å². The highest BCUT2D eigenvalue weighted by molar-refractivity contribution is 4.49. The molecule has 0 N–H and O–H groups in total. The van der Waals surface area contributed by atoms with Crippen molar-refractivity contribution < 1.29 is 9.47 Å². The number of hydrogen-bond acceptors (Lipinski definition) is 2. The fourth-order valence-corrected chi connectivity index (χ4v) is 0.648. The Kier molecular flexibility index (Phi) is 6.39. The third kappa shape index (κ3) is 8.02. The standard InChI is InChI=1S/C10H21O2/c1-8(2)6-11-10(5)12-7-9(3)4/h8-10H,5-7H2,1-4H3. The van der Waals surface area contributed by atoms with Gasteiger partial charge >= 0.3 is 0 Å². The van der Waals surface area contributed by atoms with Gasteiger partial charge in [0.05, 0.1) is 13.2 Å². The summed E-state index contributed by atoms with van der Waals surface area (Å²) in [7, 11) is 0. The lowest BCUT2D eigenvalue weighted by atomic mass is 10.2. The minimum Gasteiger partial charge on any atom is -0.352 e. The molecule has 12 heavy (non-hydrogen) atoms. The molecule has 0 atom stereocenters. The van der Waals surface area contributed by atoms with Crippen LogP contribution in [0.3, 0.4) is 0 Å². The van der Waals surface area contributed by atoms with Gasteiger partial charge in [-0.05, 0) is 11.8 Å². The van der Waals surface area contributed by atoms with Gasteiger partial charge in [0.2, 0.25) is 0 Å². The first-order chi connectivity index (χ1) is 5.52. The van der Waals surface area contributed by atoms with Crippen LogP contribution in [-0.4, -0.2) is 19.5 Å². The molecule has 0 rings (SSSR count). The molecular formula is C10H21O2. The SMILES string of the molecule is [CH2]C(OCC(C)C)OCC(C)C. The van der Waals surface area contributed by atoms with E-state index in [0.29, 0.717) is 25.0 Å². The van der Waals surface area contributed by atoms with Crippen LogP contribution in [0.1, 0.15) is 27.7 Å². The Labute approximate surface area is 76.3 Å². The summed E-state index contributed by atoms with van der Waals surface area (Å²) < 4.78 is 10.6. The van der Waals surface area contributed by atoms with Crippen molar-refractivity contribution in [3.05, 3.63) is 6.92 Å². The van der Waals surface area contributed by atoms with E-state index in [-0.39, 0.29) is 6.29 Å². The first-order valence-electron chi connectivity index (χ1n) is 4.58. The Morgan fingerprint density at radius 3 is 1.50 bits per heavy atom. The summed E-state index contributed by atoms with van der Waals surface area (Å²) in [4.78, 5) is 0. The largest absolute Gasteiger partial charge is 0.352 e. The summed E-state index contributed by atoms with van der Waals surface area (Å²) >= 11 is 0. The molecule has 0 amide bonds. The minimum atomic E-state index is -0.310. The van der Waals surface area contributed by atoms with Gasteiger partial charge in [0.25, 0.3) is 0 Å². The Morgan fingerprint density at radius 2 is 1.25 bits per heavy atom. The maximum absolute atomic E-state index is 5.32. The molecule has 1 radical (unpaired) electrons. The van der Waals surface area contributed by atoms with Crippen molar-refractivity contribution in [3.8, 4) is 0 Å². The average molecular weight is 173 g/mol. The van der Waals surface area contributed by atoms with E-state index in [2.05, 4.69) is 34.6 Å². The zero-order valence-corrected chi connectivity index (χ0v) is 8.67. The molecule has 0 aromatic carbocycles. The van der Waals surface area contributed by atoms with Gasteiger partial charge in [0.15, 0.2) is 6.29 Å². The molecule has 0 aliphatic heterocycles. The van der Waals surface area contributed by atoms with Gasteiger partial charge < -0.3 is 9.47 Å². The predicted octanol–water partition coefficient (Wildman–Crippen LogP) is 2.49. The summed E-state index contributed by atoms with van der Waals surface area (Å²) in [5.74, 6) is 1.08. The normalized spacial score (nSPS) is 12.0. The Balaban J connectivity index is 3.27. The van der Waals surface area contributed by atoms with Crippen molar-refractivity contribution >= 4 is 0 Å². The molecular weight excluding hydrogens is 152 g/mol. The molecule has 0 aromatic rings. The van der Waals surface area contributed by atoms with Gasteiger partial charge in [-0.1, -0.05) is 27.7 Å². The van der Waals surface area contributed by atoms with Crippen LogP contribution in [0.15, 0.2) is 0 Å². The summed E-state index contributed by atoms with van der Waals surface area (Å²) in [5, 5.41) is 0. The van der Waals surface area contributed by atoms with E-state index < -0.39 is 0 Å². The van der Waals surface area contributed by atoms with Crippen molar-refractivity contribution in [2.45, 2.75) is 34.0 Å². The number of hydrogen-bond donors (Lipinski definition) is 0. The lowest BCUT2D eigenvalue weighted by Gasteiger charge is -2.16. The molecule has 0 fully saturated rings. The Bertz CT molecular complexity index is 88.0. The molecule has 0 unspecified atom stereocenters. The summed E-state index contributed by atoms with van der Waals surface area (Å²) in [6.45, 7) is 13.6. The summed E-state index contributed by atoms with van der Waals surface area (Å²) in [5.41, 5.74) is 0. The fourth-order valence-electron chi connectivity index (χ4n) is 0.648. The van der Waals surface area contributed by atoms with E-state index >= 15 is 0 Å². The quantitative estimate of drug-likeness (QED) is 0.574. The predicted molar refractivity (Wildman–Crippen MR) is 50.7 cm³/mol. The van der Waals surface area contributed by atoms with Crippen molar-refractivity contribution in [1.82, 2.24) is 0 Å². The highest BCUT2D eigenvalue weighted by atomic mass is 16.7. The highest BCUT2D eigenvalue weighted by Crippen LogP contribution is 2.01. The van der Waals surface area contributed by atoms with E-state index in [0.717, 1.165) is 0 Å². The average Bonchev–Trinajstić information content (AvgIpc) is 1.96. The molecule has 0 aromatic heterocycles. The lowest BCUT2D eigenvalue weighted by Crippen LogP contribution is -2.18. The van der Waals surface area contributed by atoms with Crippen molar-refractivity contribution in [3.63, 3.8) is 0 Å². The molecule has 73 valence electrons. The molecule has 0 heterocycles. The van der Waals surface area contributed by atoms with Crippen LogP contribution < -0.4 is 0 Å². The Morgan fingerprint density at radius 1 is 0.917 bits per heavy atom. The number of ether oxygens (including phenoxy) is 2. The van der Waals surface area contributed by atoms with Gasteiger partial charge in [-0.3, -0.25) is 0 Å². The fraction of sp³-hybridized carbons (Fsp3) is 0.900. The molecule has 0 bridgehead atoms. The van der Waals surface area contributed by atoms with Gasteiger partial charge in [-0.25, -0.2) is 0 Å². The first kappa shape index (κ1) is 11.9. The smallest absolute Gasteiger partial charge is 0.157 e. The van der Waals surface area contributed by atoms with Crippen molar-refractivity contribution in [2.75, 3.05) is 13.2 Å². The third-order valence-electron chi connectivity index (χ3n) is 1.23. The van der Waals surface area contributed by atoms with Crippen LogP contribution >= 0.6 is 0 Å². The van der Waals surface area contributed by atoms with Crippen molar-refractivity contribution in [1.29, 1.82) is 0 Å². The van der Waals surface area contributed by atoms with E-state index in [1.165, 1.54) is 0 Å². The Hall–Kier alpha value is -0.0800. The topological polar surface area (TPSA) is 18.5 Å². The molecule has 0 spiro atoms. The second-order valence-corrected chi connectivity index (χ2v) is 3.88. The third-order valence-corrected chi connectivity index (χ3v) is 1.23. The van der Waals surface area contributed by atoms with Crippen LogP contribution in [0.4, 0.5) is 0 Å². The van der Waals surface area contributed by atoms with Gasteiger partial charge in [-0.15, -0.1) is 0 Å². The molecule has 0 aliphatic carbocycles. The summed E-state index contributed by atoms with van der Waals surface area (Å²) in [6.07, 6.45) is -0.310. The minimum absolute atomic E-state index is 0.310. The van der Waals surface area contributed by atoms with E-state index in [1.54, 1.807) is 0 Å². The zero-order chi connectivity index (χ0) is 9.56. The van der Waals surface area contributed by atoms with Crippen LogP contribution in [0.5, 0.6) is 0 Å². The summed E-state index contributed by atoms with van der Waals surface area (Å²) in [6, 6.07) is 0. The highest BCUT2D eigenvalue weighted by Gasteiger charge is 2.04. The maximum Gasteiger partial charge on any atom is 0.157 e. The second-order valence-electron chi connectivity index (χ2n) is 3.88.